The Labute approximate surface area is 628 Å². The molecule has 7 aromatic rings. The number of ether oxygens (including phenoxy) is 5. The fourth-order valence-electron chi connectivity index (χ4n) is 14.7. The molecule has 1 unspecified atom stereocenters. The number of esters is 2. The van der Waals surface area contributed by atoms with E-state index in [1.54, 1.807) is 86.1 Å². The highest BCUT2D eigenvalue weighted by Crippen LogP contribution is 2.40. The van der Waals surface area contributed by atoms with Crippen LogP contribution in [0.1, 0.15) is 145 Å². The van der Waals surface area contributed by atoms with Crippen molar-refractivity contribution in [3.05, 3.63) is 166 Å². The van der Waals surface area contributed by atoms with Crippen molar-refractivity contribution in [1.29, 1.82) is 0 Å². The molecule has 108 heavy (non-hydrogen) atoms. The Morgan fingerprint density at radius 2 is 1.02 bits per heavy atom. The minimum absolute atomic E-state index is 0.0629. The largest absolute Gasteiger partial charge is 0.465 e. The number of rotatable bonds is 28. The maximum absolute atomic E-state index is 14.8. The lowest BCUT2D eigenvalue weighted by Gasteiger charge is -2.41. The molecule has 1 fully saturated rings. The van der Waals surface area contributed by atoms with Gasteiger partial charge in [0, 0.05) is 90.3 Å². The van der Waals surface area contributed by atoms with Crippen LogP contribution in [0.15, 0.2) is 121 Å². The van der Waals surface area contributed by atoms with Gasteiger partial charge in [0.2, 0.25) is 23.6 Å². The summed E-state index contributed by atoms with van der Waals surface area (Å²) in [5, 5.41) is 5.80. The third-order valence-electron chi connectivity index (χ3n) is 20.7. The lowest BCUT2D eigenvalue weighted by molar-refractivity contribution is -0.147. The first-order chi connectivity index (χ1) is 51.7. The minimum Gasteiger partial charge on any atom is -0.465 e. The van der Waals surface area contributed by atoms with Crippen LogP contribution < -0.4 is 16.4 Å². The van der Waals surface area contributed by atoms with Crippen LogP contribution in [0.5, 0.6) is 0 Å². The second kappa shape index (κ2) is 34.9. The summed E-state index contributed by atoms with van der Waals surface area (Å²) in [5.41, 5.74) is 18.1. The van der Waals surface area contributed by atoms with Gasteiger partial charge >= 0.3 is 18.0 Å². The van der Waals surface area contributed by atoms with Crippen molar-refractivity contribution in [2.75, 3.05) is 62.2 Å². The van der Waals surface area contributed by atoms with Gasteiger partial charge in [0.15, 0.2) is 5.78 Å². The molecule has 0 saturated carbocycles. The quantitative estimate of drug-likeness (QED) is 0.0132. The van der Waals surface area contributed by atoms with E-state index in [2.05, 4.69) is 20.6 Å². The predicted molar refractivity (Wildman–Crippen MR) is 415 cm³/mol. The van der Waals surface area contributed by atoms with Gasteiger partial charge in [0.1, 0.15) is 18.7 Å². The number of carbonyl (C=O) groups is 9. The number of Topliss-reactive ketones (excluding diaryl/α,β-unsaturated/α-hetero) is 1. The van der Waals surface area contributed by atoms with Gasteiger partial charge in [-0.3, -0.25) is 33.7 Å². The molecule has 8 atom stereocenters. The molecule has 1 saturated heterocycles. The Morgan fingerprint density at radius 1 is 0.583 bits per heavy atom. The highest BCUT2D eigenvalue weighted by Gasteiger charge is 2.44. The van der Waals surface area contributed by atoms with Gasteiger partial charge in [-0.05, 0) is 145 Å². The first-order valence-corrected chi connectivity index (χ1v) is 36.4. The number of aromatic amines is 2. The van der Waals surface area contributed by atoms with E-state index < -0.39 is 89.7 Å². The highest BCUT2D eigenvalue weighted by molar-refractivity contribution is 6.03. The van der Waals surface area contributed by atoms with Crippen molar-refractivity contribution in [3.8, 4) is 44.5 Å². The number of likely N-dealkylation sites (tertiary alicyclic amines) is 1. The van der Waals surface area contributed by atoms with E-state index >= 15 is 0 Å². The molecule has 0 radical (unpaired) electrons. The molecule has 0 aliphatic carbocycles. The molecule has 566 valence electrons. The molecule has 0 spiro atoms. The van der Waals surface area contributed by atoms with Crippen molar-refractivity contribution in [2.45, 2.75) is 117 Å². The smallest absolute Gasteiger partial charge is 0.410 e. The summed E-state index contributed by atoms with van der Waals surface area (Å²) >= 11 is 0. The molecule has 3 aliphatic rings. The number of hydrogen-bond acceptors (Lipinski definition) is 16. The number of likely N-dealkylation sites (N-methyl/N-ethyl adjacent to an activating group) is 2. The van der Waals surface area contributed by atoms with E-state index in [1.807, 2.05) is 125 Å². The molecular weight excluding hydrogens is 1370 g/mol. The van der Waals surface area contributed by atoms with Crippen molar-refractivity contribution < 1.29 is 66.8 Å². The van der Waals surface area contributed by atoms with Crippen LogP contribution in [-0.2, 0) is 42.9 Å². The van der Waals surface area contributed by atoms with Gasteiger partial charge < -0.3 is 59.8 Å². The number of fused-ring (bicyclic) bond motifs is 8. The number of hydrogen-bond donors (Lipinski definition) is 5. The molecule has 6 N–H and O–H groups in total. The molecule has 8 bridgehead atoms. The van der Waals surface area contributed by atoms with Crippen molar-refractivity contribution >= 4 is 99.7 Å². The zero-order chi connectivity index (χ0) is 77.9. The third-order valence-corrected chi connectivity index (χ3v) is 20.7. The zero-order valence-electron chi connectivity index (χ0n) is 63.6. The Balaban J connectivity index is 0.900. The summed E-state index contributed by atoms with van der Waals surface area (Å²) in [6.45, 7) is 14.5. The lowest BCUT2D eigenvalue weighted by Crippen LogP contribution is -2.60. The standard InChI is InChI=1S/C84H96N10O14/c1-15-48(6)76(68(104-11)45-69(96)94-43-16-17-67(94)77(105-12)49(7)78(85)97)92(9)81(100)74(46(2)3)91-80(99)75(47(4)5)93(10)84(103)108-44-42-86-79(98)56-28-22-53(23-29-56)71-61-36-34-59(87-61)70(52-20-18-51(19-21-52)50(8)95)60-35-38-63(88-60)72(54-24-30-57(31-25-54)82(101)106-13)65-40-41-66(90-65)73(64-39-37-62(71)89-64)55-26-32-58(33-27-55)83(102)107-14/h18-41,46-49,67-68,74-77,88-89H,15-17,42-45H2,1-14H3,(H2,85,97)(H,86,98)(H,91,99)/t48-,49+,67?,68+,74-,75-,76-,77+/m0/s1. The lowest BCUT2D eigenvalue weighted by atomic mass is 9.89. The fourth-order valence-corrected chi connectivity index (χ4v) is 14.7. The van der Waals surface area contributed by atoms with Crippen LogP contribution in [0, 0.1) is 23.7 Å². The van der Waals surface area contributed by atoms with Crippen molar-refractivity contribution in [2.24, 2.45) is 29.4 Å². The van der Waals surface area contributed by atoms with Crippen molar-refractivity contribution in [3.63, 3.8) is 0 Å². The summed E-state index contributed by atoms with van der Waals surface area (Å²) in [6.07, 6.45) is 7.45. The van der Waals surface area contributed by atoms with Crippen molar-refractivity contribution in [1.82, 2.24) is 45.3 Å². The van der Waals surface area contributed by atoms with E-state index in [4.69, 9.17) is 39.4 Å². The van der Waals surface area contributed by atoms with E-state index in [0.29, 0.717) is 110 Å². The first-order valence-electron chi connectivity index (χ1n) is 36.4. The first kappa shape index (κ1) is 79.2. The Kier molecular flexibility index (Phi) is 25.6. The van der Waals surface area contributed by atoms with Crippen LogP contribution in [-0.4, -0.2) is 187 Å². The van der Waals surface area contributed by atoms with Gasteiger partial charge in [-0.15, -0.1) is 0 Å². The van der Waals surface area contributed by atoms with Crippen LogP contribution in [0.4, 0.5) is 4.79 Å². The summed E-state index contributed by atoms with van der Waals surface area (Å²) in [4.78, 5) is 144. The predicted octanol–water partition coefficient (Wildman–Crippen LogP) is 12.5. The van der Waals surface area contributed by atoms with Crippen LogP contribution in [0.2, 0.25) is 0 Å². The number of H-pyrrole nitrogens is 2. The number of carbonyl (C=O) groups excluding carboxylic acids is 9. The number of aromatic nitrogens is 4. The second-order valence-electron chi connectivity index (χ2n) is 28.2. The molecule has 3 aromatic heterocycles. The average molecular weight is 1470 g/mol. The van der Waals surface area contributed by atoms with Gasteiger partial charge in [0.25, 0.3) is 5.91 Å². The summed E-state index contributed by atoms with van der Waals surface area (Å²) < 4.78 is 27.6. The summed E-state index contributed by atoms with van der Waals surface area (Å²) in [6, 6.07) is 33.2. The van der Waals surface area contributed by atoms with Gasteiger partial charge in [-0.2, -0.15) is 0 Å². The summed E-state index contributed by atoms with van der Waals surface area (Å²) in [5.74, 6) is -4.90. The molecule has 3 aliphatic heterocycles. The van der Waals surface area contributed by atoms with E-state index in [-0.39, 0.29) is 43.2 Å². The number of ketones is 1. The number of nitrogens with one attached hydrogen (secondary N) is 4. The maximum atomic E-state index is 14.8. The SMILES string of the molecule is CC[C@H](C)[C@@H]([C@@H](CC(=O)N1CCCC1[C@H](OC)[C@@H](C)C(N)=O)OC)N(C)C(=O)[C@@H](NC(=O)[C@H](C(C)C)N(C)C(=O)OCCNC(=O)c1ccc(-c2c3nc(c(-c4ccc(C(C)=O)cc4)c4ccc([nH]4)c(-c4ccc(C(=O)OC)cc4)c4nc(c(-c5ccc(C(=O)OC)cc5)c5ccc2[nH]5)C=C4)C=C3)cc1)C(C)C. The number of nitrogens with two attached hydrogens (primary N) is 1. The number of methoxy groups -OCH3 is 4. The van der Waals surface area contributed by atoms with Crippen LogP contribution in [0.25, 0.3) is 90.9 Å². The van der Waals surface area contributed by atoms with Crippen LogP contribution >= 0.6 is 0 Å². The zero-order valence-corrected chi connectivity index (χ0v) is 63.6. The monoisotopic (exact) mass is 1470 g/mol. The fraction of sp³-hybridized carbons (Fsp3) is 0.369. The molecule has 6 heterocycles. The third kappa shape index (κ3) is 17.2. The molecule has 4 aromatic carbocycles. The number of benzene rings is 4. The van der Waals surface area contributed by atoms with E-state index in [9.17, 15) is 43.2 Å². The maximum Gasteiger partial charge on any atom is 0.410 e. The molecule has 24 nitrogen and oxygen atoms in total. The van der Waals surface area contributed by atoms with Gasteiger partial charge in [-0.25, -0.2) is 24.4 Å². The second-order valence-corrected chi connectivity index (χ2v) is 28.2. The molecule has 6 amide bonds. The molecular formula is C84H96N10O14. The number of nitrogens with zero attached hydrogens (tertiary/aromatic N) is 5. The molecule has 10 rings (SSSR count). The van der Waals surface area contributed by atoms with E-state index in [1.165, 1.54) is 47.3 Å². The molecule has 24 heteroatoms. The van der Waals surface area contributed by atoms with E-state index in [0.717, 1.165) is 27.8 Å². The Morgan fingerprint density at radius 3 is 1.40 bits per heavy atom. The summed E-state index contributed by atoms with van der Waals surface area (Å²) in [7, 11) is 8.75. The van der Waals surface area contributed by atoms with Crippen LogP contribution in [0.3, 0.4) is 0 Å². The normalized spacial score (nSPS) is 15.1. The van der Waals surface area contributed by atoms with Gasteiger partial charge in [-0.1, -0.05) is 116 Å². The minimum atomic E-state index is -1.09. The average Bonchev–Trinajstić information content (AvgIpc) is 1.61. The topological polar surface area (TPSA) is 317 Å². The number of amides is 6. The highest BCUT2D eigenvalue weighted by atomic mass is 16.6. The number of primary amides is 1. The van der Waals surface area contributed by atoms with Gasteiger partial charge in [0.05, 0.1) is 91.3 Å². The Hall–Kier alpha value is -11.4. The Bertz CT molecular complexity index is 4770.